The topological polar surface area (TPSA) is 15.3 Å². The third kappa shape index (κ3) is 5.73. The summed E-state index contributed by atoms with van der Waals surface area (Å²) < 4.78 is 37.7. The van der Waals surface area contributed by atoms with Gasteiger partial charge in [-0.2, -0.15) is 13.2 Å². The van der Waals surface area contributed by atoms with Gasteiger partial charge in [0.25, 0.3) is 0 Å². The van der Waals surface area contributed by atoms with E-state index in [-0.39, 0.29) is 6.54 Å². The third-order valence-corrected chi connectivity index (χ3v) is 3.13. The number of hydrogen-bond donors (Lipinski definition) is 1. The fourth-order valence-corrected chi connectivity index (χ4v) is 2.15. The van der Waals surface area contributed by atoms with Crippen LogP contribution in [0.15, 0.2) is 0 Å². The molecule has 0 radical (unpaired) electrons. The zero-order valence-electron chi connectivity index (χ0n) is 10.7. The molecule has 0 bridgehead atoms. The molecule has 1 aliphatic heterocycles. The average Bonchev–Trinajstić information content (AvgIpc) is 2.23. The largest absolute Gasteiger partial charge is 0.393 e. The molecule has 0 aromatic carbocycles. The normalized spacial score (nSPS) is 23.3. The molecule has 17 heavy (non-hydrogen) atoms. The molecule has 1 heterocycles. The number of rotatable bonds is 5. The first-order chi connectivity index (χ1) is 7.89. The molecule has 0 saturated carbocycles. The van der Waals surface area contributed by atoms with Gasteiger partial charge in [0.15, 0.2) is 0 Å². The minimum Gasteiger partial charge on any atom is -0.315 e. The van der Waals surface area contributed by atoms with Crippen molar-refractivity contribution in [2.24, 2.45) is 11.8 Å². The maximum atomic E-state index is 12.6. The Kier molecular flexibility index (Phi) is 5.73. The molecular weight excluding hydrogens is 229 g/mol. The molecule has 0 aromatic heterocycles. The van der Waals surface area contributed by atoms with E-state index in [2.05, 4.69) is 19.2 Å². The summed E-state index contributed by atoms with van der Waals surface area (Å²) in [5.74, 6) is -0.541. The van der Waals surface area contributed by atoms with Gasteiger partial charge >= 0.3 is 6.18 Å². The quantitative estimate of drug-likeness (QED) is 0.756. The fourth-order valence-electron chi connectivity index (χ4n) is 2.15. The SMILES string of the molecule is CC(C)CNCCN1CCCC(C(F)(F)F)C1. The van der Waals surface area contributed by atoms with E-state index in [1.807, 2.05) is 4.90 Å². The standard InChI is InChI=1S/C12H23F3N2/c1-10(2)8-16-5-7-17-6-3-4-11(9-17)12(13,14)15/h10-11,16H,3-9H2,1-2H3. The van der Waals surface area contributed by atoms with Crippen LogP contribution in [0, 0.1) is 11.8 Å². The highest BCUT2D eigenvalue weighted by molar-refractivity contribution is 4.78. The monoisotopic (exact) mass is 252 g/mol. The number of halogens is 3. The van der Waals surface area contributed by atoms with Crippen LogP contribution in [0.2, 0.25) is 0 Å². The predicted molar refractivity (Wildman–Crippen MR) is 62.9 cm³/mol. The summed E-state index contributed by atoms with van der Waals surface area (Å²) in [6.07, 6.45) is -3.07. The summed E-state index contributed by atoms with van der Waals surface area (Å²) in [5.41, 5.74) is 0. The number of hydrogen-bond acceptors (Lipinski definition) is 2. The maximum absolute atomic E-state index is 12.6. The van der Waals surface area contributed by atoms with Crippen LogP contribution in [-0.2, 0) is 0 Å². The first-order valence-corrected chi connectivity index (χ1v) is 6.39. The van der Waals surface area contributed by atoms with Crippen molar-refractivity contribution in [1.82, 2.24) is 10.2 Å². The summed E-state index contributed by atoms with van der Waals surface area (Å²) in [4.78, 5) is 1.93. The van der Waals surface area contributed by atoms with Crippen LogP contribution in [0.25, 0.3) is 0 Å². The number of nitrogens with one attached hydrogen (secondary N) is 1. The van der Waals surface area contributed by atoms with Gasteiger partial charge in [0.05, 0.1) is 5.92 Å². The number of nitrogens with zero attached hydrogens (tertiary/aromatic N) is 1. The van der Waals surface area contributed by atoms with E-state index in [1.54, 1.807) is 0 Å². The lowest BCUT2D eigenvalue weighted by atomic mass is 9.97. The van der Waals surface area contributed by atoms with Crippen LogP contribution in [0.4, 0.5) is 13.2 Å². The van der Waals surface area contributed by atoms with Crippen molar-refractivity contribution in [2.75, 3.05) is 32.7 Å². The van der Waals surface area contributed by atoms with E-state index in [4.69, 9.17) is 0 Å². The van der Waals surface area contributed by atoms with Gasteiger partial charge in [-0.15, -0.1) is 0 Å². The maximum Gasteiger partial charge on any atom is 0.393 e. The molecule has 0 spiro atoms. The van der Waals surface area contributed by atoms with Gasteiger partial charge in [-0.3, -0.25) is 0 Å². The molecule has 5 heteroatoms. The predicted octanol–water partition coefficient (Wildman–Crippen LogP) is 2.51. The molecule has 1 atom stereocenters. The zero-order chi connectivity index (χ0) is 12.9. The molecule has 0 aromatic rings. The molecule has 1 rings (SSSR count). The van der Waals surface area contributed by atoms with Crippen LogP contribution < -0.4 is 5.32 Å². The van der Waals surface area contributed by atoms with Crippen molar-refractivity contribution < 1.29 is 13.2 Å². The lowest BCUT2D eigenvalue weighted by Gasteiger charge is -2.33. The lowest BCUT2D eigenvalue weighted by Crippen LogP contribution is -2.44. The Morgan fingerprint density at radius 3 is 2.65 bits per heavy atom. The molecule has 2 nitrogen and oxygen atoms in total. The van der Waals surface area contributed by atoms with Gasteiger partial charge in [-0.25, -0.2) is 0 Å². The highest BCUT2D eigenvalue weighted by Crippen LogP contribution is 2.32. The summed E-state index contributed by atoms with van der Waals surface area (Å²) >= 11 is 0. The van der Waals surface area contributed by atoms with Crippen LogP contribution in [-0.4, -0.2) is 43.8 Å². The van der Waals surface area contributed by atoms with Crippen molar-refractivity contribution in [3.05, 3.63) is 0 Å². The smallest absolute Gasteiger partial charge is 0.315 e. The second kappa shape index (κ2) is 6.59. The van der Waals surface area contributed by atoms with Gasteiger partial charge in [0.2, 0.25) is 0 Å². The Morgan fingerprint density at radius 1 is 1.35 bits per heavy atom. The van der Waals surface area contributed by atoms with Crippen molar-refractivity contribution in [2.45, 2.75) is 32.9 Å². The van der Waals surface area contributed by atoms with Gasteiger partial charge in [-0.05, 0) is 31.8 Å². The first-order valence-electron chi connectivity index (χ1n) is 6.39. The Hall–Kier alpha value is -0.290. The van der Waals surface area contributed by atoms with Crippen LogP contribution in [0.3, 0.4) is 0 Å². The molecule has 1 saturated heterocycles. The second-order valence-corrected chi connectivity index (χ2v) is 5.28. The Bertz CT molecular complexity index is 216. The minimum absolute atomic E-state index is 0.173. The highest BCUT2D eigenvalue weighted by atomic mass is 19.4. The molecule has 1 unspecified atom stereocenters. The van der Waals surface area contributed by atoms with Crippen LogP contribution >= 0.6 is 0 Å². The molecule has 1 fully saturated rings. The summed E-state index contributed by atoms with van der Waals surface area (Å²) in [5, 5.41) is 3.26. The van der Waals surface area contributed by atoms with Crippen molar-refractivity contribution >= 4 is 0 Å². The Labute approximate surface area is 102 Å². The van der Waals surface area contributed by atoms with Crippen molar-refractivity contribution in [3.63, 3.8) is 0 Å². The molecule has 0 amide bonds. The zero-order valence-corrected chi connectivity index (χ0v) is 10.7. The molecule has 102 valence electrons. The first kappa shape index (κ1) is 14.8. The van der Waals surface area contributed by atoms with Gasteiger partial charge in [0, 0.05) is 19.6 Å². The number of piperidine rings is 1. The number of alkyl halides is 3. The van der Waals surface area contributed by atoms with Crippen LogP contribution in [0.5, 0.6) is 0 Å². The van der Waals surface area contributed by atoms with Crippen molar-refractivity contribution in [3.8, 4) is 0 Å². The van der Waals surface area contributed by atoms with E-state index in [0.29, 0.717) is 18.8 Å². The van der Waals surface area contributed by atoms with Gasteiger partial charge in [-0.1, -0.05) is 13.8 Å². The average molecular weight is 252 g/mol. The molecule has 1 aliphatic rings. The highest BCUT2D eigenvalue weighted by Gasteiger charge is 2.41. The van der Waals surface area contributed by atoms with E-state index in [1.165, 1.54) is 0 Å². The van der Waals surface area contributed by atoms with Gasteiger partial charge < -0.3 is 10.2 Å². The molecule has 0 aliphatic carbocycles. The second-order valence-electron chi connectivity index (χ2n) is 5.28. The van der Waals surface area contributed by atoms with Crippen molar-refractivity contribution in [1.29, 1.82) is 0 Å². The fraction of sp³-hybridized carbons (Fsp3) is 1.00. The van der Waals surface area contributed by atoms with E-state index in [0.717, 1.165) is 26.2 Å². The van der Waals surface area contributed by atoms with Crippen LogP contribution in [0.1, 0.15) is 26.7 Å². The van der Waals surface area contributed by atoms with Gasteiger partial charge in [0.1, 0.15) is 0 Å². The summed E-state index contributed by atoms with van der Waals surface area (Å²) in [6, 6.07) is 0. The summed E-state index contributed by atoms with van der Waals surface area (Å²) in [7, 11) is 0. The van der Waals surface area contributed by atoms with E-state index < -0.39 is 12.1 Å². The van der Waals surface area contributed by atoms with E-state index >= 15 is 0 Å². The van der Waals surface area contributed by atoms with E-state index in [9.17, 15) is 13.2 Å². The third-order valence-electron chi connectivity index (χ3n) is 3.13. The Balaban J connectivity index is 2.21. The lowest BCUT2D eigenvalue weighted by molar-refractivity contribution is -0.186. The molecule has 1 N–H and O–H groups in total. The number of likely N-dealkylation sites (tertiary alicyclic amines) is 1. The molecular formula is C12H23F3N2. The minimum atomic E-state index is -4.02. The summed E-state index contributed by atoms with van der Waals surface area (Å²) in [6.45, 7) is 7.64. The Morgan fingerprint density at radius 2 is 2.06 bits per heavy atom.